The van der Waals surface area contributed by atoms with E-state index in [0.29, 0.717) is 6.04 Å². The molecule has 0 heterocycles. The van der Waals surface area contributed by atoms with E-state index in [1.54, 1.807) is 0 Å². The number of hydrogen-bond acceptors (Lipinski definition) is 1. The van der Waals surface area contributed by atoms with E-state index >= 15 is 0 Å². The second-order valence-electron chi connectivity index (χ2n) is 5.74. The quantitative estimate of drug-likeness (QED) is 0.586. The summed E-state index contributed by atoms with van der Waals surface area (Å²) in [7, 11) is 0. The molecular formula is C18H30BrN. The van der Waals surface area contributed by atoms with Gasteiger partial charge in [-0.25, -0.2) is 0 Å². The first-order valence-corrected chi connectivity index (χ1v) is 8.96. The summed E-state index contributed by atoms with van der Waals surface area (Å²) in [5, 5.41) is 3.68. The summed E-state index contributed by atoms with van der Waals surface area (Å²) >= 11 is 3.51. The number of hydrogen-bond donors (Lipinski definition) is 1. The summed E-state index contributed by atoms with van der Waals surface area (Å²) in [6.45, 7) is 7.90. The van der Waals surface area contributed by atoms with Crippen LogP contribution >= 0.6 is 15.9 Å². The lowest BCUT2D eigenvalue weighted by Gasteiger charge is -2.23. The monoisotopic (exact) mass is 339 g/mol. The first-order valence-electron chi connectivity index (χ1n) is 8.17. The van der Waals surface area contributed by atoms with E-state index in [0.717, 1.165) is 23.4 Å². The average Bonchev–Trinajstić information content (AvgIpc) is 2.46. The third-order valence-corrected chi connectivity index (χ3v) is 4.58. The molecule has 1 N–H and O–H groups in total. The molecule has 0 amide bonds. The first kappa shape index (κ1) is 17.7. The Bertz CT molecular complexity index is 347. The van der Waals surface area contributed by atoms with Crippen LogP contribution in [0.1, 0.15) is 58.4 Å². The minimum Gasteiger partial charge on any atom is -0.314 e. The molecule has 2 heteroatoms. The Kier molecular flexibility index (Phi) is 9.21. The van der Waals surface area contributed by atoms with Crippen molar-refractivity contribution in [3.63, 3.8) is 0 Å². The van der Waals surface area contributed by atoms with Crippen LogP contribution in [-0.4, -0.2) is 12.6 Å². The SMILES string of the molecule is CCCCC(CC)CC(Cc1ccc(Br)cc1)NCC. The van der Waals surface area contributed by atoms with Crippen molar-refractivity contribution in [2.75, 3.05) is 6.54 Å². The van der Waals surface area contributed by atoms with Crippen molar-refractivity contribution in [1.29, 1.82) is 0 Å². The van der Waals surface area contributed by atoms with Gasteiger partial charge < -0.3 is 5.32 Å². The predicted molar refractivity (Wildman–Crippen MR) is 93.2 cm³/mol. The molecule has 0 bridgehead atoms. The van der Waals surface area contributed by atoms with Gasteiger partial charge in [-0.2, -0.15) is 0 Å². The smallest absolute Gasteiger partial charge is 0.0175 e. The van der Waals surface area contributed by atoms with Crippen molar-refractivity contribution in [1.82, 2.24) is 5.32 Å². The van der Waals surface area contributed by atoms with Gasteiger partial charge in [0.25, 0.3) is 0 Å². The predicted octanol–water partition coefficient (Wildman–Crippen LogP) is 5.58. The highest BCUT2D eigenvalue weighted by atomic mass is 79.9. The van der Waals surface area contributed by atoms with Crippen LogP contribution in [0.2, 0.25) is 0 Å². The molecule has 0 aromatic heterocycles. The Morgan fingerprint density at radius 3 is 2.35 bits per heavy atom. The van der Waals surface area contributed by atoms with Gasteiger partial charge in [0.15, 0.2) is 0 Å². The van der Waals surface area contributed by atoms with Gasteiger partial charge in [0.2, 0.25) is 0 Å². The minimum absolute atomic E-state index is 0.614. The summed E-state index contributed by atoms with van der Waals surface area (Å²) in [6, 6.07) is 9.38. The lowest BCUT2D eigenvalue weighted by atomic mass is 9.89. The maximum atomic E-state index is 3.68. The van der Waals surface area contributed by atoms with Crippen molar-refractivity contribution >= 4 is 15.9 Å². The zero-order valence-electron chi connectivity index (χ0n) is 13.3. The summed E-state index contributed by atoms with van der Waals surface area (Å²) in [5.41, 5.74) is 1.43. The van der Waals surface area contributed by atoms with Gasteiger partial charge in [-0.15, -0.1) is 0 Å². The van der Waals surface area contributed by atoms with E-state index in [1.807, 2.05) is 0 Å². The lowest BCUT2D eigenvalue weighted by Crippen LogP contribution is -2.33. The summed E-state index contributed by atoms with van der Waals surface area (Å²) < 4.78 is 1.16. The molecule has 20 heavy (non-hydrogen) atoms. The second kappa shape index (κ2) is 10.4. The highest BCUT2D eigenvalue weighted by Gasteiger charge is 2.15. The highest BCUT2D eigenvalue weighted by Crippen LogP contribution is 2.21. The Balaban J connectivity index is 2.55. The molecule has 2 atom stereocenters. The Hall–Kier alpha value is -0.340. The zero-order valence-corrected chi connectivity index (χ0v) is 14.9. The Labute approximate surface area is 133 Å². The van der Waals surface area contributed by atoms with E-state index in [-0.39, 0.29) is 0 Å². The maximum absolute atomic E-state index is 3.68. The summed E-state index contributed by atoms with van der Waals surface area (Å²) in [6.07, 6.45) is 7.83. The van der Waals surface area contributed by atoms with Crippen LogP contribution in [0, 0.1) is 5.92 Å². The van der Waals surface area contributed by atoms with Crippen molar-refractivity contribution in [2.45, 2.75) is 65.3 Å². The van der Waals surface area contributed by atoms with Crippen molar-refractivity contribution in [3.05, 3.63) is 34.3 Å². The van der Waals surface area contributed by atoms with Gasteiger partial charge in [-0.05, 0) is 43.0 Å². The van der Waals surface area contributed by atoms with Gasteiger partial charge >= 0.3 is 0 Å². The average molecular weight is 340 g/mol. The molecule has 2 unspecified atom stereocenters. The molecule has 1 rings (SSSR count). The molecule has 0 aliphatic rings. The summed E-state index contributed by atoms with van der Waals surface area (Å²) in [5.74, 6) is 0.870. The minimum atomic E-state index is 0.614. The molecule has 1 aromatic rings. The number of unbranched alkanes of at least 4 members (excludes halogenated alkanes) is 1. The van der Waals surface area contributed by atoms with E-state index in [2.05, 4.69) is 66.3 Å². The van der Waals surface area contributed by atoms with E-state index in [4.69, 9.17) is 0 Å². The molecule has 114 valence electrons. The van der Waals surface area contributed by atoms with Crippen LogP contribution in [0.25, 0.3) is 0 Å². The molecule has 0 spiro atoms. The molecule has 0 aliphatic carbocycles. The fraction of sp³-hybridized carbons (Fsp3) is 0.667. The van der Waals surface area contributed by atoms with Gasteiger partial charge in [-0.1, -0.05) is 74.5 Å². The fourth-order valence-electron chi connectivity index (χ4n) is 2.82. The summed E-state index contributed by atoms with van der Waals surface area (Å²) in [4.78, 5) is 0. The van der Waals surface area contributed by atoms with Crippen molar-refractivity contribution < 1.29 is 0 Å². The number of nitrogens with one attached hydrogen (secondary N) is 1. The van der Waals surface area contributed by atoms with Crippen LogP contribution in [0.15, 0.2) is 28.7 Å². The van der Waals surface area contributed by atoms with Crippen molar-refractivity contribution in [3.8, 4) is 0 Å². The highest BCUT2D eigenvalue weighted by molar-refractivity contribution is 9.10. The molecule has 0 radical (unpaired) electrons. The Morgan fingerprint density at radius 2 is 1.80 bits per heavy atom. The number of likely N-dealkylation sites (N-methyl/N-ethyl adjacent to an activating group) is 1. The third-order valence-electron chi connectivity index (χ3n) is 4.05. The molecule has 0 saturated carbocycles. The van der Waals surface area contributed by atoms with Gasteiger partial charge in [0.05, 0.1) is 0 Å². The molecular weight excluding hydrogens is 310 g/mol. The van der Waals surface area contributed by atoms with Crippen LogP contribution in [0.3, 0.4) is 0 Å². The normalized spacial score (nSPS) is 14.2. The topological polar surface area (TPSA) is 12.0 Å². The van der Waals surface area contributed by atoms with Crippen LogP contribution < -0.4 is 5.32 Å². The molecule has 0 fully saturated rings. The standard InChI is InChI=1S/C18H30BrN/c1-4-7-8-15(5-2)13-18(20-6-3)14-16-9-11-17(19)12-10-16/h9-12,15,18,20H,4-8,13-14H2,1-3H3. The lowest BCUT2D eigenvalue weighted by molar-refractivity contribution is 0.350. The van der Waals surface area contributed by atoms with E-state index in [9.17, 15) is 0 Å². The molecule has 0 saturated heterocycles. The largest absolute Gasteiger partial charge is 0.314 e. The van der Waals surface area contributed by atoms with Crippen LogP contribution in [0.5, 0.6) is 0 Å². The van der Waals surface area contributed by atoms with Crippen LogP contribution in [0.4, 0.5) is 0 Å². The van der Waals surface area contributed by atoms with Gasteiger partial charge in [0, 0.05) is 10.5 Å². The Morgan fingerprint density at radius 1 is 1.10 bits per heavy atom. The van der Waals surface area contributed by atoms with Gasteiger partial charge in [0.1, 0.15) is 0 Å². The van der Waals surface area contributed by atoms with E-state index in [1.165, 1.54) is 37.7 Å². The molecule has 1 nitrogen and oxygen atoms in total. The molecule has 1 aromatic carbocycles. The van der Waals surface area contributed by atoms with Crippen LogP contribution in [-0.2, 0) is 6.42 Å². The van der Waals surface area contributed by atoms with E-state index < -0.39 is 0 Å². The number of halogens is 1. The number of rotatable bonds is 10. The maximum Gasteiger partial charge on any atom is 0.0175 e. The fourth-order valence-corrected chi connectivity index (χ4v) is 3.08. The van der Waals surface area contributed by atoms with Gasteiger partial charge in [-0.3, -0.25) is 0 Å². The first-order chi connectivity index (χ1) is 9.69. The third kappa shape index (κ3) is 6.90. The zero-order chi connectivity index (χ0) is 14.8. The second-order valence-corrected chi connectivity index (χ2v) is 6.65. The number of benzene rings is 1. The van der Waals surface area contributed by atoms with Crippen molar-refractivity contribution in [2.24, 2.45) is 5.92 Å². The molecule has 0 aliphatic heterocycles.